The molecule has 1 amide bonds. The topological polar surface area (TPSA) is 73.8 Å². The van der Waals surface area contributed by atoms with Crippen molar-refractivity contribution in [2.24, 2.45) is 5.73 Å². The fourth-order valence-corrected chi connectivity index (χ4v) is 3.39. The Morgan fingerprint density at radius 2 is 1.79 bits per heavy atom. The number of benzene rings is 2. The zero-order chi connectivity index (χ0) is 17.1. The van der Waals surface area contributed by atoms with Crippen LogP contribution >= 0.6 is 11.8 Å². The van der Waals surface area contributed by atoms with Gasteiger partial charge in [0.25, 0.3) is 0 Å². The van der Waals surface area contributed by atoms with Crippen molar-refractivity contribution in [1.29, 1.82) is 0 Å². The van der Waals surface area contributed by atoms with Gasteiger partial charge < -0.3 is 5.73 Å². The number of thioether (sulfide) groups is 1. The van der Waals surface area contributed by atoms with E-state index in [0.29, 0.717) is 5.56 Å². The second-order valence-electron chi connectivity index (χ2n) is 5.50. The first-order chi connectivity index (χ1) is 11.6. The van der Waals surface area contributed by atoms with Crippen LogP contribution < -0.4 is 5.73 Å². The SMILES string of the molecule is Cc1ccccc1-n1c(C)nnc1SCc1ccc(C(N)=O)cc1. The number of nitrogens with two attached hydrogens (primary N) is 1. The summed E-state index contributed by atoms with van der Waals surface area (Å²) in [5, 5.41) is 9.36. The van der Waals surface area contributed by atoms with Crippen molar-refractivity contribution in [3.8, 4) is 5.69 Å². The number of carbonyl (C=O) groups is 1. The average Bonchev–Trinajstić information content (AvgIpc) is 2.94. The zero-order valence-electron chi connectivity index (χ0n) is 13.6. The number of amides is 1. The second-order valence-corrected chi connectivity index (χ2v) is 6.44. The molecule has 0 aliphatic rings. The molecule has 122 valence electrons. The molecule has 0 saturated heterocycles. The Bertz CT molecular complexity index is 871. The van der Waals surface area contributed by atoms with Crippen LogP contribution in [0.3, 0.4) is 0 Å². The van der Waals surface area contributed by atoms with Gasteiger partial charge in [0.2, 0.25) is 5.91 Å². The van der Waals surface area contributed by atoms with Gasteiger partial charge in [-0.1, -0.05) is 42.1 Å². The van der Waals surface area contributed by atoms with Crippen LogP contribution in [-0.2, 0) is 5.75 Å². The molecule has 3 aromatic rings. The summed E-state index contributed by atoms with van der Waals surface area (Å²) in [4.78, 5) is 11.1. The van der Waals surface area contributed by atoms with E-state index in [0.717, 1.165) is 28.0 Å². The number of hydrogen-bond acceptors (Lipinski definition) is 4. The largest absolute Gasteiger partial charge is 0.366 e. The van der Waals surface area contributed by atoms with Crippen LogP contribution in [0.4, 0.5) is 0 Å². The smallest absolute Gasteiger partial charge is 0.248 e. The van der Waals surface area contributed by atoms with E-state index in [4.69, 9.17) is 5.73 Å². The Morgan fingerprint density at radius 3 is 2.46 bits per heavy atom. The van der Waals surface area contributed by atoms with Gasteiger partial charge in [-0.3, -0.25) is 9.36 Å². The molecule has 5 nitrogen and oxygen atoms in total. The van der Waals surface area contributed by atoms with Gasteiger partial charge in [0.1, 0.15) is 5.82 Å². The van der Waals surface area contributed by atoms with E-state index in [1.807, 2.05) is 31.2 Å². The van der Waals surface area contributed by atoms with Crippen molar-refractivity contribution >= 4 is 17.7 Å². The molecular weight excluding hydrogens is 320 g/mol. The van der Waals surface area contributed by atoms with Crippen LogP contribution in [0.5, 0.6) is 0 Å². The summed E-state index contributed by atoms with van der Waals surface area (Å²) in [5.41, 5.74) is 9.14. The number of carbonyl (C=O) groups excluding carboxylic acids is 1. The Balaban J connectivity index is 1.82. The Hall–Kier alpha value is -2.60. The molecule has 1 aromatic heterocycles. The number of nitrogens with zero attached hydrogens (tertiary/aromatic N) is 3. The molecular formula is C18H18N4OS. The highest BCUT2D eigenvalue weighted by Gasteiger charge is 2.13. The van der Waals surface area contributed by atoms with Gasteiger partial charge in [0, 0.05) is 11.3 Å². The molecule has 1 heterocycles. The molecule has 0 unspecified atom stereocenters. The van der Waals surface area contributed by atoms with E-state index in [2.05, 4.69) is 33.8 Å². The highest BCUT2D eigenvalue weighted by molar-refractivity contribution is 7.98. The van der Waals surface area contributed by atoms with Crippen LogP contribution in [0, 0.1) is 13.8 Å². The first kappa shape index (κ1) is 16.3. The van der Waals surface area contributed by atoms with Gasteiger partial charge in [-0.15, -0.1) is 10.2 Å². The van der Waals surface area contributed by atoms with Crippen LogP contribution in [-0.4, -0.2) is 20.7 Å². The van der Waals surface area contributed by atoms with Gasteiger partial charge in [-0.2, -0.15) is 0 Å². The summed E-state index contributed by atoms with van der Waals surface area (Å²) >= 11 is 1.61. The fraction of sp³-hybridized carbons (Fsp3) is 0.167. The molecule has 0 saturated carbocycles. The molecule has 2 N–H and O–H groups in total. The van der Waals surface area contributed by atoms with E-state index in [1.54, 1.807) is 23.9 Å². The molecule has 0 aliphatic carbocycles. The van der Waals surface area contributed by atoms with Crippen molar-refractivity contribution in [2.45, 2.75) is 24.8 Å². The number of aromatic nitrogens is 3. The number of rotatable bonds is 5. The molecule has 0 aliphatic heterocycles. The van der Waals surface area contributed by atoms with Gasteiger partial charge in [0.15, 0.2) is 5.16 Å². The zero-order valence-corrected chi connectivity index (χ0v) is 14.4. The van der Waals surface area contributed by atoms with Crippen LogP contribution in [0.2, 0.25) is 0 Å². The molecule has 0 spiro atoms. The molecule has 0 radical (unpaired) electrons. The standard InChI is InChI=1S/C18H18N4OS/c1-12-5-3-4-6-16(12)22-13(2)20-21-18(22)24-11-14-7-9-15(10-8-14)17(19)23/h3-10H,11H2,1-2H3,(H2,19,23). The van der Waals surface area contributed by atoms with Gasteiger partial charge in [-0.25, -0.2) is 0 Å². The van der Waals surface area contributed by atoms with E-state index in [-0.39, 0.29) is 0 Å². The van der Waals surface area contributed by atoms with Crippen molar-refractivity contribution < 1.29 is 4.79 Å². The minimum absolute atomic E-state index is 0.413. The Morgan fingerprint density at radius 1 is 1.08 bits per heavy atom. The van der Waals surface area contributed by atoms with Crippen LogP contribution in [0.1, 0.15) is 27.3 Å². The van der Waals surface area contributed by atoms with E-state index in [9.17, 15) is 4.79 Å². The van der Waals surface area contributed by atoms with Gasteiger partial charge >= 0.3 is 0 Å². The van der Waals surface area contributed by atoms with Crippen molar-refractivity contribution in [2.75, 3.05) is 0 Å². The lowest BCUT2D eigenvalue weighted by Crippen LogP contribution is -2.10. The summed E-state index contributed by atoms with van der Waals surface area (Å²) in [6, 6.07) is 15.5. The minimum atomic E-state index is -0.413. The third-order valence-corrected chi connectivity index (χ3v) is 4.76. The normalized spacial score (nSPS) is 10.8. The third-order valence-electron chi connectivity index (χ3n) is 3.76. The summed E-state index contributed by atoms with van der Waals surface area (Å²) < 4.78 is 2.07. The summed E-state index contributed by atoms with van der Waals surface area (Å²) in [6.45, 7) is 4.02. The maximum Gasteiger partial charge on any atom is 0.248 e. The lowest BCUT2D eigenvalue weighted by Gasteiger charge is -2.11. The predicted molar refractivity (Wildman–Crippen MR) is 95.4 cm³/mol. The van der Waals surface area contributed by atoms with E-state index >= 15 is 0 Å². The predicted octanol–water partition coefficient (Wildman–Crippen LogP) is 3.28. The minimum Gasteiger partial charge on any atom is -0.366 e. The van der Waals surface area contributed by atoms with Crippen molar-refractivity contribution in [3.05, 3.63) is 71.0 Å². The number of primary amides is 1. The van der Waals surface area contributed by atoms with Crippen molar-refractivity contribution in [3.63, 3.8) is 0 Å². The molecule has 2 aromatic carbocycles. The summed E-state index contributed by atoms with van der Waals surface area (Å²) in [7, 11) is 0. The Labute approximate surface area is 144 Å². The molecule has 3 rings (SSSR count). The number of para-hydroxylation sites is 1. The highest BCUT2D eigenvalue weighted by Crippen LogP contribution is 2.26. The first-order valence-corrected chi connectivity index (χ1v) is 8.54. The molecule has 6 heteroatoms. The van der Waals surface area contributed by atoms with Gasteiger partial charge in [-0.05, 0) is 43.2 Å². The molecule has 0 fully saturated rings. The highest BCUT2D eigenvalue weighted by atomic mass is 32.2. The van der Waals surface area contributed by atoms with Crippen LogP contribution in [0.25, 0.3) is 5.69 Å². The Kier molecular flexibility index (Phi) is 4.66. The molecule has 0 bridgehead atoms. The maximum atomic E-state index is 11.1. The maximum absolute atomic E-state index is 11.1. The van der Waals surface area contributed by atoms with Gasteiger partial charge in [0.05, 0.1) is 5.69 Å². The lowest BCUT2D eigenvalue weighted by atomic mass is 10.1. The molecule has 0 atom stereocenters. The molecule has 24 heavy (non-hydrogen) atoms. The van der Waals surface area contributed by atoms with Crippen LogP contribution in [0.15, 0.2) is 53.7 Å². The first-order valence-electron chi connectivity index (χ1n) is 7.56. The lowest BCUT2D eigenvalue weighted by molar-refractivity contribution is 0.100. The average molecular weight is 338 g/mol. The third kappa shape index (κ3) is 3.33. The monoisotopic (exact) mass is 338 g/mol. The number of hydrogen-bond donors (Lipinski definition) is 1. The summed E-state index contributed by atoms with van der Waals surface area (Å²) in [6.07, 6.45) is 0. The van der Waals surface area contributed by atoms with Crippen molar-refractivity contribution in [1.82, 2.24) is 14.8 Å². The number of aryl methyl sites for hydroxylation is 2. The second kappa shape index (κ2) is 6.88. The fourth-order valence-electron chi connectivity index (χ4n) is 2.44. The summed E-state index contributed by atoms with van der Waals surface area (Å²) in [5.74, 6) is 1.18. The van der Waals surface area contributed by atoms with E-state index < -0.39 is 5.91 Å². The van der Waals surface area contributed by atoms with E-state index in [1.165, 1.54) is 5.56 Å². The quantitative estimate of drug-likeness (QED) is 0.725.